The Morgan fingerprint density at radius 1 is 1.28 bits per heavy atom. The minimum absolute atomic E-state index is 0.0836. The van der Waals surface area contributed by atoms with Crippen molar-refractivity contribution in [3.63, 3.8) is 0 Å². The Kier molecular flexibility index (Phi) is 4.85. The third-order valence-electron chi connectivity index (χ3n) is 5.80. The zero-order chi connectivity index (χ0) is 17.6. The number of ether oxygens (including phenoxy) is 1. The van der Waals surface area contributed by atoms with Gasteiger partial charge in [0.1, 0.15) is 24.8 Å². The molecule has 2 bridgehead atoms. The maximum Gasteiger partial charge on any atom is 0.320 e. The number of rotatable bonds is 0. The van der Waals surface area contributed by atoms with Crippen molar-refractivity contribution in [1.82, 2.24) is 31.1 Å². The number of hydrogen-bond donors (Lipinski definition) is 4. The highest BCUT2D eigenvalue weighted by atomic mass is 19.1. The predicted octanol–water partition coefficient (Wildman–Crippen LogP) is -0.660. The van der Waals surface area contributed by atoms with Crippen LogP contribution in [0.1, 0.15) is 26.2 Å². The second-order valence-corrected chi connectivity index (χ2v) is 7.61. The molecule has 0 aromatic heterocycles. The highest BCUT2D eigenvalue weighted by Crippen LogP contribution is 2.29. The summed E-state index contributed by atoms with van der Waals surface area (Å²) in [5, 5.41) is 12.8. The van der Waals surface area contributed by atoms with Crippen molar-refractivity contribution in [1.29, 1.82) is 0 Å². The molecule has 4 rings (SSSR count). The number of carbonyl (C=O) groups is 1. The van der Waals surface area contributed by atoms with Gasteiger partial charge in [-0.3, -0.25) is 25.8 Å². The molecular weight excluding hydrogens is 327 g/mol. The molecule has 25 heavy (non-hydrogen) atoms. The summed E-state index contributed by atoms with van der Waals surface area (Å²) >= 11 is 0. The number of fused-ring (bicyclic) bond motifs is 3. The summed E-state index contributed by atoms with van der Waals surface area (Å²) < 4.78 is 21.1. The maximum atomic E-state index is 14.7. The van der Waals surface area contributed by atoms with Gasteiger partial charge in [0, 0.05) is 13.1 Å². The zero-order valence-corrected chi connectivity index (χ0v) is 14.9. The Morgan fingerprint density at radius 2 is 2.12 bits per heavy atom. The Morgan fingerprint density at radius 3 is 2.96 bits per heavy atom. The number of piperidine rings is 1. The topological polar surface area (TPSA) is 80.9 Å². The van der Waals surface area contributed by atoms with Crippen LogP contribution >= 0.6 is 0 Å². The molecule has 4 aliphatic heterocycles. The van der Waals surface area contributed by atoms with Gasteiger partial charge >= 0.3 is 6.03 Å². The minimum Gasteiger partial charge on any atom is -0.373 e. The molecule has 0 aliphatic carbocycles. The summed E-state index contributed by atoms with van der Waals surface area (Å²) in [6.45, 7) is 3.99. The van der Waals surface area contributed by atoms with E-state index >= 15 is 0 Å². The summed E-state index contributed by atoms with van der Waals surface area (Å²) in [6.07, 6.45) is 0.673. The number of urea groups is 1. The van der Waals surface area contributed by atoms with Crippen molar-refractivity contribution in [2.75, 3.05) is 26.7 Å². The SMILES string of the molecule is C[C@@H]1CCCN(C)C2NCC(F)C(N2)N2C(=O)NC3NCCC(O1)C32. The van der Waals surface area contributed by atoms with Gasteiger partial charge in [-0.05, 0) is 39.8 Å². The van der Waals surface area contributed by atoms with Gasteiger partial charge in [0.25, 0.3) is 0 Å². The third-order valence-corrected chi connectivity index (χ3v) is 5.80. The first-order valence-corrected chi connectivity index (χ1v) is 9.36. The quantitative estimate of drug-likeness (QED) is 0.461. The standard InChI is InChI=1S/C16H29FN6O2/c1-9-4-3-7-22(2)15-19-8-10(17)14(21-15)23-12-11(25-9)5-6-18-13(12)20-16(23)24/h9-15,18-19,21H,3-8H2,1-2H3,(H,20,24)/t9-,10?,11?,12?,13?,14?,15?/m1/s1. The van der Waals surface area contributed by atoms with E-state index < -0.39 is 12.3 Å². The van der Waals surface area contributed by atoms with Gasteiger partial charge in [-0.25, -0.2) is 9.18 Å². The number of alkyl halides is 1. The Bertz CT molecular complexity index is 511. The molecular formula is C16H29FN6O2. The monoisotopic (exact) mass is 356 g/mol. The lowest BCUT2D eigenvalue weighted by molar-refractivity contribution is -0.0873. The third kappa shape index (κ3) is 3.23. The highest BCUT2D eigenvalue weighted by molar-refractivity contribution is 5.78. The zero-order valence-electron chi connectivity index (χ0n) is 14.9. The van der Waals surface area contributed by atoms with Gasteiger partial charge in [0.2, 0.25) is 0 Å². The number of amides is 2. The Hall–Kier alpha value is -1.00. The van der Waals surface area contributed by atoms with Crippen LogP contribution in [-0.2, 0) is 4.74 Å². The van der Waals surface area contributed by atoms with Gasteiger partial charge in [-0.2, -0.15) is 0 Å². The molecule has 0 aromatic rings. The maximum absolute atomic E-state index is 14.7. The van der Waals surface area contributed by atoms with Crippen LogP contribution in [0.25, 0.3) is 0 Å². The lowest BCUT2D eigenvalue weighted by Crippen LogP contribution is -2.72. The van der Waals surface area contributed by atoms with Gasteiger partial charge in [-0.15, -0.1) is 0 Å². The van der Waals surface area contributed by atoms with Crippen molar-refractivity contribution in [2.45, 2.75) is 69.2 Å². The summed E-state index contributed by atoms with van der Waals surface area (Å²) in [4.78, 5) is 16.4. The van der Waals surface area contributed by atoms with E-state index in [0.29, 0.717) is 0 Å². The van der Waals surface area contributed by atoms with Crippen LogP contribution < -0.4 is 21.3 Å². The molecule has 0 saturated carbocycles. The van der Waals surface area contributed by atoms with Crippen LogP contribution in [0.2, 0.25) is 0 Å². The van der Waals surface area contributed by atoms with Crippen LogP contribution in [0.4, 0.5) is 9.18 Å². The van der Waals surface area contributed by atoms with E-state index in [1.54, 1.807) is 4.90 Å². The molecule has 2 amide bonds. The van der Waals surface area contributed by atoms with Crippen LogP contribution in [0.15, 0.2) is 0 Å². The van der Waals surface area contributed by atoms with Gasteiger partial charge in [-0.1, -0.05) is 0 Å². The molecule has 0 spiro atoms. The fourth-order valence-corrected chi connectivity index (χ4v) is 4.49. The number of halogens is 1. The fourth-order valence-electron chi connectivity index (χ4n) is 4.49. The lowest BCUT2D eigenvalue weighted by Gasteiger charge is -2.47. The van der Waals surface area contributed by atoms with E-state index in [1.807, 2.05) is 7.05 Å². The molecule has 0 radical (unpaired) electrons. The van der Waals surface area contributed by atoms with Gasteiger partial charge in [0.05, 0.1) is 18.2 Å². The first kappa shape index (κ1) is 17.4. The van der Waals surface area contributed by atoms with E-state index in [9.17, 15) is 9.18 Å². The molecule has 0 aromatic carbocycles. The second-order valence-electron chi connectivity index (χ2n) is 7.61. The lowest BCUT2D eigenvalue weighted by atomic mass is 9.98. The molecule has 9 heteroatoms. The summed E-state index contributed by atoms with van der Waals surface area (Å²) in [7, 11) is 2.01. The molecule has 7 atom stereocenters. The molecule has 4 saturated heterocycles. The first-order valence-electron chi connectivity index (χ1n) is 9.36. The number of nitrogens with zero attached hydrogens (tertiary/aromatic N) is 2. The predicted molar refractivity (Wildman–Crippen MR) is 90.4 cm³/mol. The average Bonchev–Trinajstić information content (AvgIpc) is 2.91. The van der Waals surface area contributed by atoms with E-state index in [1.165, 1.54) is 0 Å². The van der Waals surface area contributed by atoms with Crippen LogP contribution in [-0.4, -0.2) is 85.6 Å². The van der Waals surface area contributed by atoms with Gasteiger partial charge < -0.3 is 10.1 Å². The molecule has 4 fully saturated rings. The van der Waals surface area contributed by atoms with E-state index in [0.717, 1.165) is 32.4 Å². The Balaban J connectivity index is 1.65. The van der Waals surface area contributed by atoms with Crippen LogP contribution in [0.5, 0.6) is 0 Å². The van der Waals surface area contributed by atoms with Crippen molar-refractivity contribution < 1.29 is 13.9 Å². The minimum atomic E-state index is -1.17. The smallest absolute Gasteiger partial charge is 0.320 e. The van der Waals surface area contributed by atoms with Crippen LogP contribution in [0.3, 0.4) is 0 Å². The number of hydrogen-bond acceptors (Lipinski definition) is 6. The summed E-state index contributed by atoms with van der Waals surface area (Å²) in [5.74, 6) is 0. The largest absolute Gasteiger partial charge is 0.373 e. The van der Waals surface area contributed by atoms with E-state index in [-0.39, 0.29) is 43.3 Å². The number of carbonyl (C=O) groups excluding carboxylic acids is 1. The Labute approximate surface area is 147 Å². The molecule has 4 N–H and O–H groups in total. The normalized spacial score (nSPS) is 46.0. The fraction of sp³-hybridized carbons (Fsp3) is 0.938. The molecule has 6 unspecified atom stereocenters. The van der Waals surface area contributed by atoms with Crippen molar-refractivity contribution >= 4 is 6.03 Å². The van der Waals surface area contributed by atoms with E-state index in [4.69, 9.17) is 4.74 Å². The average molecular weight is 356 g/mol. The molecule has 142 valence electrons. The van der Waals surface area contributed by atoms with Crippen molar-refractivity contribution in [3.05, 3.63) is 0 Å². The van der Waals surface area contributed by atoms with E-state index in [2.05, 4.69) is 33.1 Å². The highest BCUT2D eigenvalue weighted by Gasteiger charge is 2.52. The van der Waals surface area contributed by atoms with Gasteiger partial charge in [0.15, 0.2) is 0 Å². The van der Waals surface area contributed by atoms with Crippen LogP contribution in [0, 0.1) is 0 Å². The number of nitrogens with one attached hydrogen (secondary N) is 4. The molecule has 8 nitrogen and oxygen atoms in total. The van der Waals surface area contributed by atoms with Crippen molar-refractivity contribution in [2.24, 2.45) is 0 Å². The van der Waals surface area contributed by atoms with Crippen molar-refractivity contribution in [3.8, 4) is 0 Å². The molecule has 4 heterocycles. The summed E-state index contributed by atoms with van der Waals surface area (Å²) in [5.41, 5.74) is 0. The second kappa shape index (κ2) is 6.96. The molecule has 4 aliphatic rings. The summed E-state index contributed by atoms with van der Waals surface area (Å²) in [6, 6.07) is -0.436. The first-order chi connectivity index (χ1) is 12.0.